The smallest absolute Gasteiger partial charge is 0.313 e. The zero-order valence-corrected chi connectivity index (χ0v) is 17.5. The fourth-order valence-electron chi connectivity index (χ4n) is 3.75. The number of aromatic nitrogens is 3. The topological polar surface area (TPSA) is 112 Å². The normalized spacial score (nSPS) is 24.1. The van der Waals surface area contributed by atoms with E-state index in [1.54, 1.807) is 23.8 Å². The molecule has 3 heterocycles. The van der Waals surface area contributed by atoms with Crippen molar-refractivity contribution in [1.29, 1.82) is 0 Å². The molecule has 1 aliphatic rings. The summed E-state index contributed by atoms with van der Waals surface area (Å²) in [5.41, 5.74) is 5.71. The highest BCUT2D eigenvalue weighted by molar-refractivity contribution is 6.28. The van der Waals surface area contributed by atoms with Crippen LogP contribution in [-0.4, -0.2) is 43.9 Å². The first-order valence-electron chi connectivity index (χ1n) is 9.70. The summed E-state index contributed by atoms with van der Waals surface area (Å²) < 4.78 is 13.5. The van der Waals surface area contributed by atoms with Crippen molar-refractivity contribution in [3.05, 3.63) is 53.4 Å². The van der Waals surface area contributed by atoms with E-state index in [1.165, 1.54) is 0 Å². The number of aliphatic hydroxyl groups excluding tert-OH is 1. The van der Waals surface area contributed by atoms with Crippen molar-refractivity contribution in [2.75, 3.05) is 12.3 Å². The van der Waals surface area contributed by atoms with Crippen molar-refractivity contribution < 1.29 is 19.4 Å². The van der Waals surface area contributed by atoms with Crippen molar-refractivity contribution in [3.8, 4) is 12.3 Å². The molecule has 3 N–H and O–H groups in total. The number of carbonyl (C=O) groups is 1. The van der Waals surface area contributed by atoms with E-state index in [0.29, 0.717) is 11.0 Å². The summed E-state index contributed by atoms with van der Waals surface area (Å²) in [6.07, 6.45) is 6.11. The van der Waals surface area contributed by atoms with Crippen molar-refractivity contribution in [2.45, 2.75) is 37.2 Å². The molecule has 4 atom stereocenters. The summed E-state index contributed by atoms with van der Waals surface area (Å²) in [5, 5.41) is 10.6. The Morgan fingerprint density at radius 2 is 2.19 bits per heavy atom. The van der Waals surface area contributed by atoms with Gasteiger partial charge in [0.05, 0.1) is 17.9 Å². The van der Waals surface area contributed by atoms with Crippen LogP contribution in [-0.2, 0) is 14.3 Å². The lowest BCUT2D eigenvalue weighted by Gasteiger charge is -2.27. The highest BCUT2D eigenvalue weighted by atomic mass is 35.5. The monoisotopic (exact) mass is 440 g/mol. The van der Waals surface area contributed by atoms with Gasteiger partial charge in [-0.05, 0) is 30.2 Å². The molecule has 8 nitrogen and oxygen atoms in total. The number of benzene rings is 1. The Morgan fingerprint density at radius 1 is 1.45 bits per heavy atom. The molecule has 1 fully saturated rings. The number of halogens is 1. The van der Waals surface area contributed by atoms with E-state index in [-0.39, 0.29) is 17.5 Å². The quantitative estimate of drug-likeness (QED) is 0.356. The Balaban J connectivity index is 1.62. The summed E-state index contributed by atoms with van der Waals surface area (Å²) in [7, 11) is 0. The second-order valence-electron chi connectivity index (χ2n) is 7.40. The average molecular weight is 441 g/mol. The molecule has 9 heteroatoms. The van der Waals surface area contributed by atoms with Crippen molar-refractivity contribution in [1.82, 2.24) is 14.5 Å². The van der Waals surface area contributed by atoms with E-state index in [1.807, 2.05) is 30.3 Å². The molecular weight excluding hydrogens is 420 g/mol. The number of rotatable bonds is 5. The Hall–Kier alpha value is -3.12. The third-order valence-corrected chi connectivity index (χ3v) is 5.73. The highest BCUT2D eigenvalue weighted by Gasteiger charge is 2.51. The SMILES string of the molecule is C#C[C@]1(CO)O[C@@H](n2ccc3c(N)nc(Cl)nc32)C[C@@H]1OC(=O)[C@H](C)c1ccccc1. The maximum Gasteiger partial charge on any atom is 0.313 e. The van der Waals surface area contributed by atoms with Gasteiger partial charge in [0.15, 0.2) is 5.60 Å². The van der Waals surface area contributed by atoms with Crippen molar-refractivity contribution >= 4 is 34.4 Å². The third-order valence-electron chi connectivity index (χ3n) is 5.56. The summed E-state index contributed by atoms with van der Waals surface area (Å²) >= 11 is 5.96. The van der Waals surface area contributed by atoms with E-state index >= 15 is 0 Å². The number of esters is 1. The number of nitrogens with two attached hydrogens (primary N) is 1. The van der Waals surface area contributed by atoms with Gasteiger partial charge in [0, 0.05) is 12.6 Å². The molecule has 31 heavy (non-hydrogen) atoms. The molecule has 0 unspecified atom stereocenters. The maximum atomic E-state index is 12.8. The lowest BCUT2D eigenvalue weighted by Crippen LogP contribution is -2.44. The molecule has 0 bridgehead atoms. The molecular formula is C22H21ClN4O4. The molecule has 0 amide bonds. The van der Waals surface area contributed by atoms with Gasteiger partial charge in [0.2, 0.25) is 5.28 Å². The molecule has 160 valence electrons. The first kappa shape index (κ1) is 21.1. The Morgan fingerprint density at radius 3 is 2.87 bits per heavy atom. The van der Waals surface area contributed by atoms with Crippen LogP contribution in [0.3, 0.4) is 0 Å². The molecule has 0 spiro atoms. The molecule has 0 radical (unpaired) electrons. The fraction of sp³-hybridized carbons (Fsp3) is 0.318. The number of nitrogens with zero attached hydrogens (tertiary/aromatic N) is 3. The predicted molar refractivity (Wildman–Crippen MR) is 115 cm³/mol. The number of ether oxygens (including phenoxy) is 2. The molecule has 0 saturated carbocycles. The van der Waals surface area contributed by atoms with E-state index in [0.717, 1.165) is 5.56 Å². The maximum absolute atomic E-state index is 12.8. The summed E-state index contributed by atoms with van der Waals surface area (Å²) in [6, 6.07) is 11.0. The number of aliphatic hydroxyl groups is 1. The Labute approximate surface area is 183 Å². The summed E-state index contributed by atoms with van der Waals surface area (Å²) in [5.74, 6) is 1.75. The van der Waals surface area contributed by atoms with Gasteiger partial charge in [-0.15, -0.1) is 6.42 Å². The van der Waals surface area contributed by atoms with Gasteiger partial charge in [-0.1, -0.05) is 36.3 Å². The number of anilines is 1. The molecule has 1 aromatic carbocycles. The van der Waals surface area contributed by atoms with Crippen LogP contribution >= 0.6 is 11.6 Å². The Kier molecular flexibility index (Phi) is 5.58. The number of hydrogen-bond donors (Lipinski definition) is 2. The number of terminal acetylenes is 1. The largest absolute Gasteiger partial charge is 0.457 e. The molecule has 2 aromatic heterocycles. The zero-order chi connectivity index (χ0) is 22.2. The summed E-state index contributed by atoms with van der Waals surface area (Å²) in [4.78, 5) is 21.0. The van der Waals surface area contributed by atoms with Crippen LogP contribution in [0, 0.1) is 12.3 Å². The van der Waals surface area contributed by atoms with E-state index in [2.05, 4.69) is 15.9 Å². The minimum absolute atomic E-state index is 0.00650. The number of carbonyl (C=O) groups excluding carboxylic acids is 1. The second-order valence-corrected chi connectivity index (χ2v) is 7.73. The number of hydrogen-bond acceptors (Lipinski definition) is 7. The third kappa shape index (κ3) is 3.72. The standard InChI is InChI=1S/C22H21ClN4O4/c1-3-22(12-28)16(30-20(29)13(2)14-7-5-4-6-8-14)11-17(31-22)27-10-9-15-18(24)25-21(23)26-19(15)27/h1,4-10,13,16-17,28H,11-12H2,2H3,(H2,24,25,26)/t13-,16+,17-,22-/m1/s1. The van der Waals surface area contributed by atoms with Crippen LogP contribution in [0.5, 0.6) is 0 Å². The van der Waals surface area contributed by atoms with E-state index < -0.39 is 36.4 Å². The lowest BCUT2D eigenvalue weighted by atomic mass is 9.97. The highest BCUT2D eigenvalue weighted by Crippen LogP contribution is 2.40. The van der Waals surface area contributed by atoms with Gasteiger partial charge in [-0.2, -0.15) is 4.98 Å². The van der Waals surface area contributed by atoms with Gasteiger partial charge in [0.1, 0.15) is 23.8 Å². The summed E-state index contributed by atoms with van der Waals surface area (Å²) in [6.45, 7) is 1.23. The van der Waals surface area contributed by atoms with Crippen molar-refractivity contribution in [2.24, 2.45) is 0 Å². The second kappa shape index (κ2) is 8.19. The van der Waals surface area contributed by atoms with Crippen LogP contribution in [0.2, 0.25) is 5.28 Å². The van der Waals surface area contributed by atoms with Gasteiger partial charge in [-0.3, -0.25) is 4.79 Å². The minimum atomic E-state index is -1.49. The number of fused-ring (bicyclic) bond motifs is 1. The first-order valence-corrected chi connectivity index (χ1v) is 10.1. The Bertz CT molecular complexity index is 1160. The van der Waals surface area contributed by atoms with Crippen LogP contribution in [0.4, 0.5) is 5.82 Å². The first-order chi connectivity index (χ1) is 14.9. The number of nitrogen functional groups attached to an aromatic ring is 1. The van der Waals surface area contributed by atoms with E-state index in [4.69, 9.17) is 33.2 Å². The van der Waals surface area contributed by atoms with Gasteiger partial charge in [0.25, 0.3) is 0 Å². The van der Waals surface area contributed by atoms with Gasteiger partial charge < -0.3 is 24.9 Å². The molecule has 3 aromatic rings. The van der Waals surface area contributed by atoms with Crippen molar-refractivity contribution in [3.63, 3.8) is 0 Å². The lowest BCUT2D eigenvalue weighted by molar-refractivity contribution is -0.160. The van der Waals surface area contributed by atoms with Gasteiger partial charge >= 0.3 is 5.97 Å². The molecule has 4 rings (SSSR count). The average Bonchev–Trinajstić information content (AvgIpc) is 3.35. The van der Waals surface area contributed by atoms with Crippen LogP contribution in [0.25, 0.3) is 11.0 Å². The molecule has 1 aliphatic heterocycles. The van der Waals surface area contributed by atoms with Gasteiger partial charge in [-0.25, -0.2) is 4.98 Å². The molecule has 1 saturated heterocycles. The van der Waals surface area contributed by atoms with Crippen LogP contribution in [0.1, 0.15) is 31.1 Å². The zero-order valence-electron chi connectivity index (χ0n) is 16.7. The fourth-order valence-corrected chi connectivity index (χ4v) is 3.92. The minimum Gasteiger partial charge on any atom is -0.457 e. The van der Waals surface area contributed by atoms with Crippen LogP contribution < -0.4 is 5.73 Å². The molecule has 0 aliphatic carbocycles. The predicted octanol–water partition coefficient (Wildman–Crippen LogP) is 2.67. The van der Waals surface area contributed by atoms with Crippen LogP contribution in [0.15, 0.2) is 42.6 Å². The van der Waals surface area contributed by atoms with E-state index in [9.17, 15) is 9.90 Å².